The van der Waals surface area contributed by atoms with Crippen molar-refractivity contribution >= 4 is 28.3 Å². The largest absolute Gasteiger partial charge is 0.497 e. The van der Waals surface area contributed by atoms with Gasteiger partial charge < -0.3 is 30.2 Å². The second-order valence-corrected chi connectivity index (χ2v) is 7.69. The highest BCUT2D eigenvalue weighted by molar-refractivity contribution is 6.02. The third-order valence-corrected chi connectivity index (χ3v) is 5.80. The van der Waals surface area contributed by atoms with Crippen LogP contribution >= 0.6 is 0 Å². The van der Waals surface area contributed by atoms with E-state index in [0.29, 0.717) is 0 Å². The van der Waals surface area contributed by atoms with Gasteiger partial charge in [0.1, 0.15) is 5.75 Å². The lowest BCUT2D eigenvalue weighted by Crippen LogP contribution is -2.48. The molecule has 7 heteroatoms. The number of likely N-dealkylation sites (N-methyl/N-ethyl adjacent to an activating group) is 1. The summed E-state index contributed by atoms with van der Waals surface area (Å²) in [6, 6.07) is 13.8. The number of amides is 2. The Kier molecular flexibility index (Phi) is 5.55. The van der Waals surface area contributed by atoms with Crippen LogP contribution in [-0.2, 0) is 6.54 Å². The van der Waals surface area contributed by atoms with Crippen LogP contribution in [0.3, 0.4) is 0 Å². The van der Waals surface area contributed by atoms with Gasteiger partial charge >= 0.3 is 6.03 Å². The average Bonchev–Trinajstić information content (AvgIpc) is 3.05. The highest BCUT2D eigenvalue weighted by Crippen LogP contribution is 2.38. The number of hydrogen-bond donors (Lipinski definition) is 2. The van der Waals surface area contributed by atoms with Crippen LogP contribution in [-0.4, -0.2) is 60.7 Å². The molecule has 0 saturated carbocycles. The average molecular weight is 408 g/mol. The second kappa shape index (κ2) is 8.28. The topological polar surface area (TPSA) is 75.8 Å². The van der Waals surface area contributed by atoms with E-state index in [9.17, 15) is 4.79 Å². The van der Waals surface area contributed by atoms with Crippen LogP contribution in [0.15, 0.2) is 42.5 Å². The number of carbonyl (C=O) groups is 1. The van der Waals surface area contributed by atoms with Crippen molar-refractivity contribution in [2.45, 2.75) is 13.5 Å². The van der Waals surface area contributed by atoms with Crippen molar-refractivity contribution in [1.29, 1.82) is 0 Å². The Morgan fingerprint density at radius 1 is 1.13 bits per heavy atom. The summed E-state index contributed by atoms with van der Waals surface area (Å²) in [4.78, 5) is 16.8. The van der Waals surface area contributed by atoms with E-state index in [1.54, 1.807) is 7.11 Å². The third kappa shape index (κ3) is 3.68. The molecule has 2 amide bonds. The summed E-state index contributed by atoms with van der Waals surface area (Å²) in [6.07, 6.45) is 0. The van der Waals surface area contributed by atoms with Gasteiger partial charge in [0.05, 0.1) is 24.0 Å². The molecule has 1 fully saturated rings. The zero-order valence-electron chi connectivity index (χ0n) is 17.8. The number of methoxy groups -OCH3 is 1. The molecule has 0 atom stereocenters. The number of aryl methyl sites for hydroxylation is 1. The van der Waals surface area contributed by atoms with Crippen molar-refractivity contribution in [2.75, 3.05) is 51.4 Å². The number of piperazine rings is 1. The number of urea groups is 1. The number of hydrogen-bond acceptors (Lipinski definition) is 4. The fraction of sp³-hybridized carbons (Fsp3) is 0.348. The Hall–Kier alpha value is -3.19. The zero-order chi connectivity index (χ0) is 21.3. The zero-order valence-corrected chi connectivity index (χ0v) is 17.8. The maximum atomic E-state index is 12.7. The number of nitrogens with two attached hydrogens (primary N) is 1. The number of anilines is 2. The summed E-state index contributed by atoms with van der Waals surface area (Å²) in [5.74, 6) is 0.800. The van der Waals surface area contributed by atoms with Crippen LogP contribution in [0.2, 0.25) is 0 Å². The minimum atomic E-state index is -0.0611. The summed E-state index contributed by atoms with van der Waals surface area (Å²) < 4.78 is 7.58. The van der Waals surface area contributed by atoms with Gasteiger partial charge in [0.2, 0.25) is 0 Å². The Morgan fingerprint density at radius 2 is 1.90 bits per heavy atom. The molecule has 0 unspecified atom stereocenters. The smallest absolute Gasteiger partial charge is 0.321 e. The van der Waals surface area contributed by atoms with E-state index < -0.39 is 0 Å². The highest BCUT2D eigenvalue weighted by atomic mass is 16.5. The van der Waals surface area contributed by atoms with E-state index in [2.05, 4.69) is 28.8 Å². The maximum absolute atomic E-state index is 12.7. The Morgan fingerprint density at radius 3 is 2.60 bits per heavy atom. The van der Waals surface area contributed by atoms with Crippen LogP contribution < -0.4 is 15.8 Å². The standard InChI is InChI=1S/C23H29N5O2/c1-4-28-20-15-18(30-3)8-9-19(20)21(24)22(28)16-6-5-7-17(14-16)25-23(29)27-12-10-26(2)11-13-27/h5-9,14-15H,4,10-13,24H2,1-3H3,(H,25,29). The van der Waals surface area contributed by atoms with Crippen molar-refractivity contribution in [2.24, 2.45) is 0 Å². The van der Waals surface area contributed by atoms with Crippen molar-refractivity contribution in [3.05, 3.63) is 42.5 Å². The summed E-state index contributed by atoms with van der Waals surface area (Å²) in [7, 11) is 3.74. The molecule has 2 aromatic carbocycles. The Bertz CT molecular complexity index is 1070. The molecular formula is C23H29N5O2. The van der Waals surface area contributed by atoms with E-state index >= 15 is 0 Å². The molecule has 7 nitrogen and oxygen atoms in total. The number of carbonyl (C=O) groups excluding carboxylic acids is 1. The molecule has 3 aromatic rings. The molecule has 3 N–H and O–H groups in total. The van der Waals surface area contributed by atoms with Gasteiger partial charge in [0, 0.05) is 55.4 Å². The molecule has 2 heterocycles. The number of nitrogens with one attached hydrogen (secondary N) is 1. The summed E-state index contributed by atoms with van der Waals surface area (Å²) in [5.41, 5.74) is 11.0. The molecule has 0 radical (unpaired) electrons. The first kappa shape index (κ1) is 20.1. The van der Waals surface area contributed by atoms with Crippen molar-refractivity contribution in [1.82, 2.24) is 14.4 Å². The van der Waals surface area contributed by atoms with Gasteiger partial charge in [-0.25, -0.2) is 4.79 Å². The van der Waals surface area contributed by atoms with E-state index in [0.717, 1.165) is 72.0 Å². The molecule has 0 spiro atoms. The predicted molar refractivity (Wildman–Crippen MR) is 122 cm³/mol. The lowest BCUT2D eigenvalue weighted by atomic mass is 10.1. The van der Waals surface area contributed by atoms with Crippen molar-refractivity contribution < 1.29 is 9.53 Å². The van der Waals surface area contributed by atoms with Gasteiger partial charge in [-0.15, -0.1) is 0 Å². The van der Waals surface area contributed by atoms with E-state index in [4.69, 9.17) is 10.5 Å². The fourth-order valence-electron chi connectivity index (χ4n) is 4.08. The molecule has 0 aliphatic carbocycles. The number of fused-ring (bicyclic) bond motifs is 1. The maximum Gasteiger partial charge on any atom is 0.321 e. The molecule has 1 aromatic heterocycles. The molecule has 4 rings (SSSR count). The summed E-state index contributed by atoms with van der Waals surface area (Å²) >= 11 is 0. The number of nitrogen functional groups attached to an aromatic ring is 1. The molecule has 1 saturated heterocycles. The molecule has 158 valence electrons. The molecule has 1 aliphatic heterocycles. The highest BCUT2D eigenvalue weighted by Gasteiger charge is 2.20. The lowest BCUT2D eigenvalue weighted by Gasteiger charge is -2.32. The van der Waals surface area contributed by atoms with E-state index in [-0.39, 0.29) is 6.03 Å². The lowest BCUT2D eigenvalue weighted by molar-refractivity contribution is 0.164. The van der Waals surface area contributed by atoms with Gasteiger partial charge in [-0.3, -0.25) is 0 Å². The predicted octanol–water partition coefficient (Wildman–Crippen LogP) is 3.70. The number of aromatic nitrogens is 1. The molecule has 30 heavy (non-hydrogen) atoms. The molecular weight excluding hydrogens is 378 g/mol. The molecule has 1 aliphatic rings. The minimum Gasteiger partial charge on any atom is -0.497 e. The quantitative estimate of drug-likeness (QED) is 0.692. The van der Waals surface area contributed by atoms with Crippen LogP contribution in [0.25, 0.3) is 22.2 Å². The Labute approximate surface area is 177 Å². The fourth-order valence-corrected chi connectivity index (χ4v) is 4.08. The van der Waals surface area contributed by atoms with Crippen LogP contribution in [0, 0.1) is 0 Å². The summed E-state index contributed by atoms with van der Waals surface area (Å²) in [6.45, 7) is 6.13. The van der Waals surface area contributed by atoms with Gasteiger partial charge in [-0.05, 0) is 38.2 Å². The number of ether oxygens (including phenoxy) is 1. The number of rotatable bonds is 4. The first-order valence-electron chi connectivity index (χ1n) is 10.3. The molecule has 0 bridgehead atoms. The first-order chi connectivity index (χ1) is 14.5. The van der Waals surface area contributed by atoms with Crippen LogP contribution in [0.4, 0.5) is 16.2 Å². The first-order valence-corrected chi connectivity index (χ1v) is 10.3. The van der Waals surface area contributed by atoms with E-state index in [1.807, 2.05) is 47.4 Å². The van der Waals surface area contributed by atoms with Gasteiger partial charge in [-0.2, -0.15) is 0 Å². The van der Waals surface area contributed by atoms with E-state index in [1.165, 1.54) is 0 Å². The Balaban J connectivity index is 1.66. The van der Waals surface area contributed by atoms with Crippen molar-refractivity contribution in [3.63, 3.8) is 0 Å². The van der Waals surface area contributed by atoms with Crippen LogP contribution in [0.1, 0.15) is 6.92 Å². The number of nitrogens with zero attached hydrogens (tertiary/aromatic N) is 3. The van der Waals surface area contributed by atoms with Gasteiger partial charge in [0.25, 0.3) is 0 Å². The summed E-state index contributed by atoms with van der Waals surface area (Å²) in [5, 5.41) is 4.04. The third-order valence-electron chi connectivity index (χ3n) is 5.80. The van der Waals surface area contributed by atoms with Gasteiger partial charge in [-0.1, -0.05) is 12.1 Å². The number of benzene rings is 2. The normalized spacial score (nSPS) is 14.8. The second-order valence-electron chi connectivity index (χ2n) is 7.69. The van der Waals surface area contributed by atoms with Crippen molar-refractivity contribution in [3.8, 4) is 17.0 Å². The SMILES string of the molecule is CCn1c(-c2cccc(NC(=O)N3CCN(C)CC3)c2)c(N)c2ccc(OC)cc21. The minimum absolute atomic E-state index is 0.0611. The monoisotopic (exact) mass is 407 g/mol. The van der Waals surface area contributed by atoms with Crippen LogP contribution in [0.5, 0.6) is 5.75 Å². The van der Waals surface area contributed by atoms with Gasteiger partial charge in [0.15, 0.2) is 0 Å².